The number of ether oxygens (including phenoxy) is 1. The Morgan fingerprint density at radius 2 is 1.77 bits per heavy atom. The number of rotatable bonds is 7. The van der Waals surface area contributed by atoms with Crippen molar-refractivity contribution < 1.29 is 9.53 Å². The number of piperazine rings is 1. The maximum absolute atomic E-state index is 12.5. The zero-order valence-electron chi connectivity index (χ0n) is 19.2. The summed E-state index contributed by atoms with van der Waals surface area (Å²) < 4.78 is 5.30. The van der Waals surface area contributed by atoms with E-state index in [1.807, 2.05) is 17.0 Å². The van der Waals surface area contributed by atoms with Gasteiger partial charge in [0.15, 0.2) is 0 Å². The first-order chi connectivity index (χ1) is 14.9. The number of anilines is 1. The van der Waals surface area contributed by atoms with E-state index in [0.717, 1.165) is 55.7 Å². The standard InChI is InChI=1S/C25H34N4O2/c1-17(2)15-23(30)28-11-13-29(14-12-28)25-22(16-19-5-9-21(31-4)10-6-19)18(3)26-24(27-25)20-7-8-20/h5-6,9-10,17,20H,7-8,11-16H2,1-4H3. The van der Waals surface area contributed by atoms with Gasteiger partial charge >= 0.3 is 0 Å². The molecule has 4 rings (SSSR count). The molecule has 2 aromatic rings. The molecule has 166 valence electrons. The molecule has 1 aliphatic carbocycles. The molecule has 2 fully saturated rings. The summed E-state index contributed by atoms with van der Waals surface area (Å²) in [5, 5.41) is 0. The number of amides is 1. The lowest BCUT2D eigenvalue weighted by Crippen LogP contribution is -2.49. The van der Waals surface area contributed by atoms with E-state index in [9.17, 15) is 4.79 Å². The van der Waals surface area contributed by atoms with Gasteiger partial charge in [-0.3, -0.25) is 4.79 Å². The first kappa shape index (κ1) is 21.6. The molecule has 1 amide bonds. The van der Waals surface area contributed by atoms with Crippen molar-refractivity contribution in [2.75, 3.05) is 38.2 Å². The molecule has 0 spiro atoms. The minimum Gasteiger partial charge on any atom is -0.497 e. The molecule has 0 N–H and O–H groups in total. The number of aryl methyl sites for hydroxylation is 1. The highest BCUT2D eigenvalue weighted by atomic mass is 16.5. The van der Waals surface area contributed by atoms with Crippen LogP contribution in [0.1, 0.15) is 61.7 Å². The van der Waals surface area contributed by atoms with Crippen LogP contribution in [0.3, 0.4) is 0 Å². The molecule has 0 atom stereocenters. The van der Waals surface area contributed by atoms with Gasteiger partial charge in [-0.25, -0.2) is 9.97 Å². The lowest BCUT2D eigenvalue weighted by atomic mass is 10.0. The van der Waals surface area contributed by atoms with E-state index in [4.69, 9.17) is 14.7 Å². The van der Waals surface area contributed by atoms with Gasteiger partial charge in [0.05, 0.1) is 7.11 Å². The zero-order chi connectivity index (χ0) is 22.0. The topological polar surface area (TPSA) is 58.6 Å². The van der Waals surface area contributed by atoms with E-state index in [1.54, 1.807) is 7.11 Å². The molecule has 0 unspecified atom stereocenters. The summed E-state index contributed by atoms with van der Waals surface area (Å²) in [4.78, 5) is 26.8. The second kappa shape index (κ2) is 9.25. The average molecular weight is 423 g/mol. The molecule has 2 heterocycles. The summed E-state index contributed by atoms with van der Waals surface area (Å²) >= 11 is 0. The van der Waals surface area contributed by atoms with Crippen LogP contribution in [0.4, 0.5) is 5.82 Å². The summed E-state index contributed by atoms with van der Waals surface area (Å²) in [5.41, 5.74) is 3.48. The molecular formula is C25H34N4O2. The lowest BCUT2D eigenvalue weighted by molar-refractivity contribution is -0.132. The van der Waals surface area contributed by atoms with Crippen molar-refractivity contribution in [1.29, 1.82) is 0 Å². The number of aromatic nitrogens is 2. The SMILES string of the molecule is COc1ccc(Cc2c(C)nc(C3CC3)nc2N2CCN(C(=O)CC(C)C)CC2)cc1. The predicted octanol–water partition coefficient (Wildman–Crippen LogP) is 3.96. The summed E-state index contributed by atoms with van der Waals surface area (Å²) in [5.74, 6) is 4.09. The van der Waals surface area contributed by atoms with E-state index in [0.29, 0.717) is 18.3 Å². The van der Waals surface area contributed by atoms with Crippen LogP contribution in [-0.2, 0) is 11.2 Å². The summed E-state index contributed by atoms with van der Waals surface area (Å²) in [6.07, 6.45) is 3.80. The van der Waals surface area contributed by atoms with Crippen molar-refractivity contribution in [1.82, 2.24) is 14.9 Å². The summed E-state index contributed by atoms with van der Waals surface area (Å²) in [6, 6.07) is 8.23. The number of methoxy groups -OCH3 is 1. The Labute approximate surface area is 185 Å². The monoisotopic (exact) mass is 422 g/mol. The van der Waals surface area contributed by atoms with Gasteiger partial charge in [0.1, 0.15) is 17.4 Å². The van der Waals surface area contributed by atoms with Gasteiger partial charge in [-0.2, -0.15) is 0 Å². The Morgan fingerprint density at radius 1 is 1.10 bits per heavy atom. The Balaban J connectivity index is 1.56. The molecule has 6 nitrogen and oxygen atoms in total. The smallest absolute Gasteiger partial charge is 0.222 e. The van der Waals surface area contributed by atoms with E-state index >= 15 is 0 Å². The molecule has 0 bridgehead atoms. The van der Waals surface area contributed by atoms with Gasteiger partial charge in [-0.15, -0.1) is 0 Å². The zero-order valence-corrected chi connectivity index (χ0v) is 19.2. The highest BCUT2D eigenvalue weighted by Crippen LogP contribution is 2.39. The molecule has 31 heavy (non-hydrogen) atoms. The van der Waals surface area contributed by atoms with Gasteiger partial charge in [0.2, 0.25) is 5.91 Å². The fraction of sp³-hybridized carbons (Fsp3) is 0.560. The molecule has 1 saturated heterocycles. The fourth-order valence-corrected chi connectivity index (χ4v) is 4.19. The van der Waals surface area contributed by atoms with Crippen LogP contribution in [0.25, 0.3) is 0 Å². The van der Waals surface area contributed by atoms with Crippen molar-refractivity contribution in [2.24, 2.45) is 5.92 Å². The predicted molar refractivity (Wildman–Crippen MR) is 123 cm³/mol. The fourth-order valence-electron chi connectivity index (χ4n) is 4.19. The van der Waals surface area contributed by atoms with Crippen LogP contribution in [0.5, 0.6) is 5.75 Å². The average Bonchev–Trinajstić information content (AvgIpc) is 3.60. The normalized spacial score (nSPS) is 16.7. The van der Waals surface area contributed by atoms with Gasteiger partial charge in [0.25, 0.3) is 0 Å². The first-order valence-corrected chi connectivity index (χ1v) is 11.5. The van der Waals surface area contributed by atoms with E-state index in [-0.39, 0.29) is 5.91 Å². The van der Waals surface area contributed by atoms with Gasteiger partial charge < -0.3 is 14.5 Å². The van der Waals surface area contributed by atoms with Crippen molar-refractivity contribution in [2.45, 2.75) is 52.4 Å². The third-order valence-corrected chi connectivity index (χ3v) is 6.21. The first-order valence-electron chi connectivity index (χ1n) is 11.5. The Kier molecular flexibility index (Phi) is 6.44. The van der Waals surface area contributed by atoms with Crippen molar-refractivity contribution in [3.8, 4) is 5.75 Å². The molecular weight excluding hydrogens is 388 g/mol. The van der Waals surface area contributed by atoms with Crippen LogP contribution >= 0.6 is 0 Å². The van der Waals surface area contributed by atoms with Crippen LogP contribution in [0, 0.1) is 12.8 Å². The van der Waals surface area contributed by atoms with Gasteiger partial charge in [-0.05, 0) is 43.4 Å². The molecule has 1 saturated carbocycles. The Bertz CT molecular complexity index is 914. The van der Waals surface area contributed by atoms with Gasteiger partial charge in [-0.1, -0.05) is 26.0 Å². The number of carbonyl (C=O) groups excluding carboxylic acids is 1. The van der Waals surface area contributed by atoms with E-state index < -0.39 is 0 Å². The molecule has 0 radical (unpaired) electrons. The van der Waals surface area contributed by atoms with Crippen LogP contribution in [0.15, 0.2) is 24.3 Å². The Hall–Kier alpha value is -2.63. The maximum Gasteiger partial charge on any atom is 0.222 e. The third kappa shape index (κ3) is 5.17. The summed E-state index contributed by atoms with van der Waals surface area (Å²) in [7, 11) is 1.69. The minimum absolute atomic E-state index is 0.269. The number of benzene rings is 1. The number of carbonyl (C=O) groups is 1. The van der Waals surface area contributed by atoms with Crippen LogP contribution < -0.4 is 9.64 Å². The molecule has 6 heteroatoms. The number of hydrogen-bond donors (Lipinski definition) is 0. The highest BCUT2D eigenvalue weighted by Gasteiger charge is 2.30. The van der Waals surface area contributed by atoms with Crippen molar-refractivity contribution in [3.05, 3.63) is 46.9 Å². The largest absolute Gasteiger partial charge is 0.497 e. The minimum atomic E-state index is 0.269. The molecule has 1 aliphatic heterocycles. The second-order valence-corrected chi connectivity index (χ2v) is 9.23. The van der Waals surface area contributed by atoms with Crippen LogP contribution in [0.2, 0.25) is 0 Å². The number of hydrogen-bond acceptors (Lipinski definition) is 5. The van der Waals surface area contributed by atoms with Crippen molar-refractivity contribution >= 4 is 11.7 Å². The second-order valence-electron chi connectivity index (χ2n) is 9.23. The van der Waals surface area contributed by atoms with Gasteiger partial charge in [0, 0.05) is 56.2 Å². The number of nitrogens with zero attached hydrogens (tertiary/aromatic N) is 4. The van der Waals surface area contributed by atoms with Crippen molar-refractivity contribution in [3.63, 3.8) is 0 Å². The maximum atomic E-state index is 12.5. The summed E-state index contributed by atoms with van der Waals surface area (Å²) in [6.45, 7) is 9.47. The van der Waals surface area contributed by atoms with Crippen LogP contribution in [-0.4, -0.2) is 54.1 Å². The molecule has 1 aromatic heterocycles. The third-order valence-electron chi connectivity index (χ3n) is 6.21. The molecule has 1 aromatic carbocycles. The van der Waals surface area contributed by atoms with E-state index in [2.05, 4.69) is 37.8 Å². The van der Waals surface area contributed by atoms with E-state index in [1.165, 1.54) is 24.0 Å². The quantitative estimate of drug-likeness (QED) is 0.676. The highest BCUT2D eigenvalue weighted by molar-refractivity contribution is 5.76. The molecule has 2 aliphatic rings. The lowest BCUT2D eigenvalue weighted by Gasteiger charge is -2.37. The Morgan fingerprint density at radius 3 is 2.35 bits per heavy atom.